The topological polar surface area (TPSA) is 18.5 Å². The summed E-state index contributed by atoms with van der Waals surface area (Å²) in [5.74, 6) is -0.514. The fraction of sp³-hybridized carbons (Fsp3) is 0.818. The van der Waals surface area contributed by atoms with Gasteiger partial charge >= 0.3 is 0 Å². The molecule has 0 aliphatic rings. The normalized spacial score (nSPS) is 14.0. The molecule has 0 unspecified atom stereocenters. The molecule has 2 heteroatoms. The summed E-state index contributed by atoms with van der Waals surface area (Å²) in [4.78, 5) is 0. The number of methoxy groups -OCH3 is 2. The first-order valence-corrected chi connectivity index (χ1v) is 4.73. The van der Waals surface area contributed by atoms with Crippen molar-refractivity contribution in [3.63, 3.8) is 0 Å². The van der Waals surface area contributed by atoms with E-state index in [4.69, 9.17) is 9.47 Å². The molecular weight excluding hydrogens is 164 g/mol. The molecule has 0 aromatic carbocycles. The van der Waals surface area contributed by atoms with E-state index in [0.717, 1.165) is 6.42 Å². The van der Waals surface area contributed by atoms with Gasteiger partial charge in [-0.2, -0.15) is 0 Å². The second-order valence-corrected chi connectivity index (χ2v) is 3.74. The van der Waals surface area contributed by atoms with Crippen molar-refractivity contribution in [3.8, 4) is 0 Å². The van der Waals surface area contributed by atoms with Crippen molar-refractivity contribution in [2.45, 2.75) is 39.9 Å². The minimum absolute atomic E-state index is 0.111. The number of rotatable bonds is 5. The first-order chi connectivity index (χ1) is 5.99. The molecule has 0 aromatic heterocycles. The average Bonchev–Trinajstić information content (AvgIpc) is 2.07. The van der Waals surface area contributed by atoms with Crippen molar-refractivity contribution in [3.05, 3.63) is 12.2 Å². The summed E-state index contributed by atoms with van der Waals surface area (Å²) in [6.07, 6.45) is 4.98. The monoisotopic (exact) mass is 186 g/mol. The van der Waals surface area contributed by atoms with E-state index in [1.807, 2.05) is 13.0 Å². The Morgan fingerprint density at radius 2 is 1.62 bits per heavy atom. The predicted molar refractivity (Wildman–Crippen MR) is 55.6 cm³/mol. The molecule has 0 saturated carbocycles. The summed E-state index contributed by atoms with van der Waals surface area (Å²) in [5, 5.41) is 0. The maximum absolute atomic E-state index is 5.48. The molecule has 0 aliphatic heterocycles. The number of hydrogen-bond acceptors (Lipinski definition) is 2. The summed E-state index contributed by atoms with van der Waals surface area (Å²) in [5.41, 5.74) is -0.111. The second-order valence-electron chi connectivity index (χ2n) is 3.74. The first-order valence-electron chi connectivity index (χ1n) is 4.73. The van der Waals surface area contributed by atoms with Crippen LogP contribution in [0.2, 0.25) is 0 Å². The highest BCUT2D eigenvalue weighted by Gasteiger charge is 2.42. The molecule has 0 bridgehead atoms. The minimum Gasteiger partial charge on any atom is -0.352 e. The fourth-order valence-electron chi connectivity index (χ4n) is 1.90. The summed E-state index contributed by atoms with van der Waals surface area (Å²) in [6, 6.07) is 0. The van der Waals surface area contributed by atoms with Gasteiger partial charge in [0.2, 0.25) is 0 Å². The third kappa shape index (κ3) is 2.32. The van der Waals surface area contributed by atoms with Crippen molar-refractivity contribution in [1.29, 1.82) is 0 Å². The Hall–Kier alpha value is -0.340. The van der Waals surface area contributed by atoms with E-state index in [-0.39, 0.29) is 5.41 Å². The van der Waals surface area contributed by atoms with Crippen molar-refractivity contribution in [2.24, 2.45) is 5.41 Å². The molecule has 0 spiro atoms. The lowest BCUT2D eigenvalue weighted by Crippen LogP contribution is -2.46. The van der Waals surface area contributed by atoms with Gasteiger partial charge in [0.1, 0.15) is 0 Å². The number of hydrogen-bond donors (Lipinski definition) is 0. The standard InChI is InChI=1S/C11H22O2/c1-7-9-10(3,4)11(8-2,12-5)13-6/h7,9H,8H2,1-6H3/b9-7+. The molecule has 78 valence electrons. The molecule has 0 fully saturated rings. The quantitative estimate of drug-likeness (QED) is 0.485. The van der Waals surface area contributed by atoms with Crippen LogP contribution in [0.1, 0.15) is 34.1 Å². The zero-order chi connectivity index (χ0) is 10.5. The lowest BCUT2D eigenvalue weighted by Gasteiger charge is -2.42. The lowest BCUT2D eigenvalue weighted by atomic mass is 9.81. The number of allylic oxidation sites excluding steroid dienone is 1. The molecule has 0 saturated heterocycles. The van der Waals surface area contributed by atoms with Gasteiger partial charge in [0, 0.05) is 19.6 Å². The van der Waals surface area contributed by atoms with Crippen molar-refractivity contribution in [2.75, 3.05) is 14.2 Å². The molecule has 0 aromatic rings. The highest BCUT2D eigenvalue weighted by molar-refractivity contribution is 5.01. The van der Waals surface area contributed by atoms with E-state index < -0.39 is 5.79 Å². The van der Waals surface area contributed by atoms with Crippen LogP contribution in [0.5, 0.6) is 0 Å². The van der Waals surface area contributed by atoms with E-state index in [2.05, 4.69) is 26.8 Å². The molecular formula is C11H22O2. The maximum atomic E-state index is 5.48. The minimum atomic E-state index is -0.514. The van der Waals surface area contributed by atoms with Gasteiger partial charge in [-0.3, -0.25) is 0 Å². The van der Waals surface area contributed by atoms with Crippen molar-refractivity contribution < 1.29 is 9.47 Å². The molecule has 0 atom stereocenters. The fourth-order valence-corrected chi connectivity index (χ4v) is 1.90. The van der Waals surface area contributed by atoms with Crippen molar-refractivity contribution >= 4 is 0 Å². The molecule has 0 radical (unpaired) electrons. The summed E-state index contributed by atoms with van der Waals surface area (Å²) >= 11 is 0. The van der Waals surface area contributed by atoms with Gasteiger partial charge in [-0.1, -0.05) is 32.9 Å². The van der Waals surface area contributed by atoms with Gasteiger partial charge in [0.15, 0.2) is 5.79 Å². The predicted octanol–water partition coefficient (Wildman–Crippen LogP) is 2.99. The summed E-state index contributed by atoms with van der Waals surface area (Å²) < 4.78 is 11.0. The van der Waals surface area contributed by atoms with E-state index in [1.165, 1.54) is 0 Å². The van der Waals surface area contributed by atoms with Gasteiger partial charge in [-0.25, -0.2) is 0 Å². The third-order valence-corrected chi connectivity index (χ3v) is 2.69. The van der Waals surface area contributed by atoms with Crippen LogP contribution < -0.4 is 0 Å². The SMILES string of the molecule is C/C=C/C(C)(C)C(CC)(OC)OC. The Kier molecular flexibility index (Phi) is 4.65. The Morgan fingerprint density at radius 1 is 1.15 bits per heavy atom. The molecule has 0 aliphatic carbocycles. The Morgan fingerprint density at radius 3 is 1.85 bits per heavy atom. The van der Waals surface area contributed by atoms with Gasteiger partial charge in [-0.15, -0.1) is 0 Å². The molecule has 0 rings (SSSR count). The zero-order valence-corrected chi connectivity index (χ0v) is 9.68. The van der Waals surface area contributed by atoms with Gasteiger partial charge in [0.25, 0.3) is 0 Å². The molecule has 0 heterocycles. The van der Waals surface area contributed by atoms with Gasteiger partial charge < -0.3 is 9.47 Å². The summed E-state index contributed by atoms with van der Waals surface area (Å²) in [7, 11) is 3.39. The maximum Gasteiger partial charge on any atom is 0.175 e. The van der Waals surface area contributed by atoms with Crippen LogP contribution in [0.15, 0.2) is 12.2 Å². The molecule has 2 nitrogen and oxygen atoms in total. The highest BCUT2D eigenvalue weighted by Crippen LogP contribution is 2.38. The third-order valence-electron chi connectivity index (χ3n) is 2.69. The zero-order valence-electron chi connectivity index (χ0n) is 9.68. The van der Waals surface area contributed by atoms with Gasteiger partial charge in [0.05, 0.1) is 0 Å². The van der Waals surface area contributed by atoms with E-state index in [1.54, 1.807) is 14.2 Å². The average molecular weight is 186 g/mol. The van der Waals surface area contributed by atoms with Gasteiger partial charge in [-0.05, 0) is 13.3 Å². The number of ether oxygens (including phenoxy) is 2. The molecule has 0 amide bonds. The Bertz CT molecular complexity index is 159. The van der Waals surface area contributed by atoms with Crippen LogP contribution in [0.25, 0.3) is 0 Å². The molecule has 0 N–H and O–H groups in total. The van der Waals surface area contributed by atoms with Crippen LogP contribution in [0, 0.1) is 5.41 Å². The van der Waals surface area contributed by atoms with Crippen LogP contribution in [0.4, 0.5) is 0 Å². The van der Waals surface area contributed by atoms with Crippen molar-refractivity contribution in [1.82, 2.24) is 0 Å². The largest absolute Gasteiger partial charge is 0.352 e. The van der Waals surface area contributed by atoms with E-state index >= 15 is 0 Å². The second kappa shape index (κ2) is 4.77. The Labute approximate surface area is 81.9 Å². The molecule has 13 heavy (non-hydrogen) atoms. The van der Waals surface area contributed by atoms with Crippen LogP contribution in [-0.2, 0) is 9.47 Å². The summed E-state index contributed by atoms with van der Waals surface area (Å²) in [6.45, 7) is 8.30. The smallest absolute Gasteiger partial charge is 0.175 e. The van der Waals surface area contributed by atoms with Crippen LogP contribution in [0.3, 0.4) is 0 Å². The Balaban J connectivity index is 4.90. The first kappa shape index (κ1) is 12.7. The van der Waals surface area contributed by atoms with E-state index in [0.29, 0.717) is 0 Å². The highest BCUT2D eigenvalue weighted by atomic mass is 16.7. The lowest BCUT2D eigenvalue weighted by molar-refractivity contribution is -0.256. The van der Waals surface area contributed by atoms with E-state index in [9.17, 15) is 0 Å². The van der Waals surface area contributed by atoms with Crippen LogP contribution >= 0.6 is 0 Å². The van der Waals surface area contributed by atoms with Crippen LogP contribution in [-0.4, -0.2) is 20.0 Å².